The normalized spacial score (nSPS) is 25.3. The molecule has 70 valence electrons. The van der Waals surface area contributed by atoms with Gasteiger partial charge in [0, 0.05) is 13.1 Å². The number of hydrazine groups is 2. The minimum atomic E-state index is 0.990. The van der Waals surface area contributed by atoms with E-state index in [1.165, 1.54) is 25.7 Å². The van der Waals surface area contributed by atoms with E-state index in [1.807, 2.05) is 0 Å². The first-order valence-electron chi connectivity index (χ1n) is 4.86. The van der Waals surface area contributed by atoms with Crippen molar-refractivity contribution in [3.8, 4) is 0 Å². The van der Waals surface area contributed by atoms with Crippen LogP contribution >= 0.6 is 0 Å². The number of allylic oxidation sites excluding steroid dienone is 1. The van der Waals surface area contributed by atoms with Gasteiger partial charge in [-0.2, -0.15) is 5.53 Å². The van der Waals surface area contributed by atoms with Gasteiger partial charge in [0.2, 0.25) is 0 Å². The van der Waals surface area contributed by atoms with Crippen LogP contribution in [0.25, 0.3) is 0 Å². The molecule has 3 heteroatoms. The maximum absolute atomic E-state index is 3.12. The van der Waals surface area contributed by atoms with Crippen LogP contribution in [0.15, 0.2) is 12.2 Å². The first-order chi connectivity index (χ1) is 6.00. The molecule has 0 radical (unpaired) electrons. The van der Waals surface area contributed by atoms with Crippen LogP contribution in [0.2, 0.25) is 0 Å². The molecule has 12 heavy (non-hydrogen) atoms. The van der Waals surface area contributed by atoms with Gasteiger partial charge < -0.3 is 0 Å². The smallest absolute Gasteiger partial charge is 0.0148 e. The summed E-state index contributed by atoms with van der Waals surface area (Å²) in [6.45, 7) is 2.04. The average Bonchev–Trinajstić information content (AvgIpc) is 2.05. The van der Waals surface area contributed by atoms with Gasteiger partial charge in [-0.25, -0.2) is 10.9 Å². The Morgan fingerprint density at radius 3 is 2.58 bits per heavy atom. The Kier molecular flexibility index (Phi) is 5.89. The van der Waals surface area contributed by atoms with Crippen LogP contribution in [0.4, 0.5) is 0 Å². The highest BCUT2D eigenvalue weighted by atomic mass is 15.6. The summed E-state index contributed by atoms with van der Waals surface area (Å²) in [6, 6.07) is 0. The van der Waals surface area contributed by atoms with Gasteiger partial charge in [-0.3, -0.25) is 0 Å². The molecule has 0 aliphatic carbocycles. The number of rotatable bonds is 0. The third-order valence-electron chi connectivity index (χ3n) is 1.95. The zero-order valence-corrected chi connectivity index (χ0v) is 7.60. The van der Waals surface area contributed by atoms with Gasteiger partial charge in [0.15, 0.2) is 0 Å². The van der Waals surface area contributed by atoms with E-state index in [4.69, 9.17) is 0 Å². The van der Waals surface area contributed by atoms with Crippen molar-refractivity contribution in [2.75, 3.05) is 13.1 Å². The fourth-order valence-corrected chi connectivity index (χ4v) is 1.23. The van der Waals surface area contributed by atoms with Gasteiger partial charge in [0.1, 0.15) is 0 Å². The van der Waals surface area contributed by atoms with Crippen molar-refractivity contribution in [2.24, 2.45) is 0 Å². The summed E-state index contributed by atoms with van der Waals surface area (Å²) >= 11 is 0. The number of nitrogens with one attached hydrogen (secondary N) is 3. The summed E-state index contributed by atoms with van der Waals surface area (Å²) in [7, 11) is 0. The SMILES string of the molecule is C1=C\CCNNNCCCCC/1. The summed E-state index contributed by atoms with van der Waals surface area (Å²) in [5, 5.41) is 0. The predicted octanol–water partition coefficient (Wildman–Crippen LogP) is 1.11. The lowest BCUT2D eigenvalue weighted by Gasteiger charge is -2.08. The largest absolute Gasteiger partial charge is 0.244 e. The van der Waals surface area contributed by atoms with E-state index >= 15 is 0 Å². The maximum atomic E-state index is 3.12. The molecule has 0 bridgehead atoms. The van der Waals surface area contributed by atoms with Crippen LogP contribution in [0.5, 0.6) is 0 Å². The van der Waals surface area contributed by atoms with E-state index in [-0.39, 0.29) is 0 Å². The van der Waals surface area contributed by atoms with Crippen molar-refractivity contribution < 1.29 is 0 Å². The molecule has 0 fully saturated rings. The lowest BCUT2D eigenvalue weighted by Crippen LogP contribution is -2.44. The molecule has 1 heterocycles. The van der Waals surface area contributed by atoms with Crippen LogP contribution in [-0.2, 0) is 0 Å². The van der Waals surface area contributed by atoms with Gasteiger partial charge in [-0.05, 0) is 25.7 Å². The summed E-state index contributed by atoms with van der Waals surface area (Å²) in [4.78, 5) is 0. The highest BCUT2D eigenvalue weighted by Gasteiger charge is 1.89. The van der Waals surface area contributed by atoms with Crippen LogP contribution < -0.4 is 16.4 Å². The molecule has 3 N–H and O–H groups in total. The first-order valence-corrected chi connectivity index (χ1v) is 4.86. The van der Waals surface area contributed by atoms with Crippen molar-refractivity contribution >= 4 is 0 Å². The third kappa shape index (κ3) is 5.29. The zero-order valence-electron chi connectivity index (χ0n) is 7.60. The second-order valence-electron chi connectivity index (χ2n) is 3.09. The van der Waals surface area contributed by atoms with Crippen molar-refractivity contribution in [3.63, 3.8) is 0 Å². The molecule has 0 amide bonds. The number of hydrogen-bond acceptors (Lipinski definition) is 3. The summed E-state index contributed by atoms with van der Waals surface area (Å²) in [5.41, 5.74) is 9.18. The topological polar surface area (TPSA) is 36.1 Å². The first kappa shape index (κ1) is 9.71. The van der Waals surface area contributed by atoms with Crippen molar-refractivity contribution in [1.29, 1.82) is 0 Å². The second-order valence-corrected chi connectivity index (χ2v) is 3.09. The Balaban J connectivity index is 2.10. The molecular weight excluding hydrogens is 150 g/mol. The van der Waals surface area contributed by atoms with Crippen molar-refractivity contribution in [1.82, 2.24) is 16.4 Å². The molecular formula is C9H19N3. The predicted molar refractivity (Wildman–Crippen MR) is 51.4 cm³/mol. The molecule has 0 aromatic carbocycles. The highest BCUT2D eigenvalue weighted by Crippen LogP contribution is 2.00. The molecule has 0 unspecified atom stereocenters. The Bertz CT molecular complexity index is 109. The molecule has 0 atom stereocenters. The van der Waals surface area contributed by atoms with Gasteiger partial charge in [-0.15, -0.1) is 0 Å². The molecule has 0 aromatic heterocycles. The van der Waals surface area contributed by atoms with Gasteiger partial charge in [-0.1, -0.05) is 18.6 Å². The van der Waals surface area contributed by atoms with Crippen LogP contribution in [0, 0.1) is 0 Å². The molecule has 1 aliphatic rings. The van der Waals surface area contributed by atoms with Gasteiger partial charge in [0.05, 0.1) is 0 Å². The molecule has 0 saturated heterocycles. The third-order valence-corrected chi connectivity index (χ3v) is 1.95. The van der Waals surface area contributed by atoms with Gasteiger partial charge >= 0.3 is 0 Å². The van der Waals surface area contributed by atoms with Crippen LogP contribution in [-0.4, -0.2) is 13.1 Å². The fraction of sp³-hybridized carbons (Fsp3) is 0.778. The monoisotopic (exact) mass is 169 g/mol. The lowest BCUT2D eigenvalue weighted by molar-refractivity contribution is 0.426. The summed E-state index contributed by atoms with van der Waals surface area (Å²) in [5.74, 6) is 0. The van der Waals surface area contributed by atoms with Gasteiger partial charge in [0.25, 0.3) is 0 Å². The molecule has 3 nitrogen and oxygen atoms in total. The summed E-state index contributed by atoms with van der Waals surface area (Å²) < 4.78 is 0. The number of hydrogen-bond donors (Lipinski definition) is 3. The van der Waals surface area contributed by atoms with E-state index < -0.39 is 0 Å². The maximum Gasteiger partial charge on any atom is 0.0148 e. The van der Waals surface area contributed by atoms with Crippen LogP contribution in [0.3, 0.4) is 0 Å². The Hall–Kier alpha value is -0.380. The van der Waals surface area contributed by atoms with E-state index in [0.29, 0.717) is 0 Å². The minimum Gasteiger partial charge on any atom is -0.244 e. The van der Waals surface area contributed by atoms with E-state index in [2.05, 4.69) is 28.5 Å². The Labute approximate surface area is 74.6 Å². The van der Waals surface area contributed by atoms with Crippen LogP contribution in [0.1, 0.15) is 32.1 Å². The lowest BCUT2D eigenvalue weighted by atomic mass is 10.2. The quantitative estimate of drug-likeness (QED) is 0.475. The zero-order chi connectivity index (χ0) is 8.49. The average molecular weight is 169 g/mol. The minimum absolute atomic E-state index is 0.990. The molecule has 0 spiro atoms. The molecule has 0 aromatic rings. The Morgan fingerprint density at radius 2 is 1.58 bits per heavy atom. The fourth-order valence-electron chi connectivity index (χ4n) is 1.23. The van der Waals surface area contributed by atoms with E-state index in [1.54, 1.807) is 0 Å². The second kappa shape index (κ2) is 7.28. The van der Waals surface area contributed by atoms with E-state index in [0.717, 1.165) is 19.5 Å². The molecule has 1 aliphatic heterocycles. The molecule has 0 saturated carbocycles. The van der Waals surface area contributed by atoms with Crippen molar-refractivity contribution in [3.05, 3.63) is 12.2 Å². The Morgan fingerprint density at radius 1 is 0.750 bits per heavy atom. The standard InChI is InChI=1S/C9H19N3/c1-2-4-6-8-10-12-11-9-7-5-3-1/h2,4,10-12H,1,3,5-9H2/b4-2-. The summed E-state index contributed by atoms with van der Waals surface area (Å²) in [6.07, 6.45) is 10.8. The molecule has 1 rings (SSSR count). The van der Waals surface area contributed by atoms with Crippen molar-refractivity contribution in [2.45, 2.75) is 32.1 Å². The highest BCUT2D eigenvalue weighted by molar-refractivity contribution is 4.81. The van der Waals surface area contributed by atoms with E-state index in [9.17, 15) is 0 Å².